The topological polar surface area (TPSA) is 38.7 Å². The Balaban J connectivity index is 2.19. The van der Waals surface area contributed by atoms with E-state index in [1.54, 1.807) is 41.3 Å². The van der Waals surface area contributed by atoms with Crippen LogP contribution in [0.3, 0.4) is 0 Å². The van der Waals surface area contributed by atoms with E-state index in [0.29, 0.717) is 0 Å². The molecule has 0 aliphatic rings. The van der Waals surface area contributed by atoms with Gasteiger partial charge < -0.3 is 0 Å². The lowest BCUT2D eigenvalue weighted by Crippen LogP contribution is -1.86. The Kier molecular flexibility index (Phi) is 2.47. The van der Waals surface area contributed by atoms with E-state index in [-0.39, 0.29) is 0 Å². The fourth-order valence-electron chi connectivity index (χ4n) is 1.45. The molecule has 3 heterocycles. The minimum absolute atomic E-state index is 0.910. The summed E-state index contributed by atoms with van der Waals surface area (Å²) in [5.41, 5.74) is 1.96. The molecular formula is C11H7N3S2. The van der Waals surface area contributed by atoms with E-state index in [2.05, 4.69) is 15.0 Å². The molecule has 0 N–H and O–H groups in total. The lowest BCUT2D eigenvalue weighted by Gasteiger charge is -2.01. The Bertz CT molecular complexity index is 520. The smallest absolute Gasteiger partial charge is 0.142 e. The second kappa shape index (κ2) is 4.11. The van der Waals surface area contributed by atoms with Crippen molar-refractivity contribution >= 4 is 22.7 Å². The maximum Gasteiger partial charge on any atom is 0.142 e. The molecule has 3 rings (SSSR count). The highest BCUT2D eigenvalue weighted by molar-refractivity contribution is 7.14. The molecule has 3 aromatic rings. The van der Waals surface area contributed by atoms with Crippen LogP contribution in [0.25, 0.3) is 21.3 Å². The molecule has 78 valence electrons. The first-order valence-corrected chi connectivity index (χ1v) is 6.46. The number of thiazole rings is 2. The van der Waals surface area contributed by atoms with Crippen molar-refractivity contribution in [2.75, 3.05) is 0 Å². The van der Waals surface area contributed by atoms with E-state index >= 15 is 0 Å². The van der Waals surface area contributed by atoms with E-state index in [4.69, 9.17) is 0 Å². The minimum Gasteiger partial charge on any atom is -0.253 e. The van der Waals surface area contributed by atoms with Gasteiger partial charge in [0.15, 0.2) is 0 Å². The van der Waals surface area contributed by atoms with Crippen LogP contribution >= 0.6 is 22.7 Å². The van der Waals surface area contributed by atoms with Gasteiger partial charge in [-0.15, -0.1) is 22.7 Å². The molecule has 0 unspecified atom stereocenters. The molecular weight excluding hydrogens is 238 g/mol. The van der Waals surface area contributed by atoms with Gasteiger partial charge in [-0.3, -0.25) is 4.98 Å². The van der Waals surface area contributed by atoms with Gasteiger partial charge in [0.25, 0.3) is 0 Å². The number of hydrogen-bond acceptors (Lipinski definition) is 5. The maximum atomic E-state index is 4.39. The number of nitrogens with zero attached hydrogens (tertiary/aromatic N) is 3. The summed E-state index contributed by atoms with van der Waals surface area (Å²) >= 11 is 3.20. The minimum atomic E-state index is 0.910. The molecule has 0 saturated carbocycles. The molecule has 0 aliphatic heterocycles. The van der Waals surface area contributed by atoms with Crippen molar-refractivity contribution in [3.63, 3.8) is 0 Å². The Morgan fingerprint density at radius 3 is 2.25 bits per heavy atom. The summed E-state index contributed by atoms with van der Waals surface area (Å²) in [6.07, 6.45) is 5.38. The van der Waals surface area contributed by atoms with Gasteiger partial charge in [-0.2, -0.15) is 0 Å². The maximum absolute atomic E-state index is 4.39. The summed E-state index contributed by atoms with van der Waals surface area (Å²) in [5, 5.41) is 5.84. The van der Waals surface area contributed by atoms with Crippen molar-refractivity contribution in [2.45, 2.75) is 0 Å². The molecule has 0 bridgehead atoms. The molecule has 0 spiro atoms. The van der Waals surface area contributed by atoms with Crippen molar-refractivity contribution in [1.29, 1.82) is 0 Å². The van der Waals surface area contributed by atoms with Crippen molar-refractivity contribution < 1.29 is 0 Å². The summed E-state index contributed by atoms with van der Waals surface area (Å²) in [6, 6.07) is 3.95. The fourth-order valence-corrected chi connectivity index (χ4v) is 2.76. The van der Waals surface area contributed by atoms with Crippen LogP contribution in [0.1, 0.15) is 0 Å². The highest BCUT2D eigenvalue weighted by Gasteiger charge is 2.11. The predicted octanol–water partition coefficient (Wildman–Crippen LogP) is 3.33. The Morgan fingerprint density at radius 2 is 1.56 bits per heavy atom. The van der Waals surface area contributed by atoms with Crippen molar-refractivity contribution in [3.8, 4) is 21.3 Å². The monoisotopic (exact) mass is 245 g/mol. The lowest BCUT2D eigenvalue weighted by atomic mass is 10.2. The van der Waals surface area contributed by atoms with Gasteiger partial charge >= 0.3 is 0 Å². The first-order valence-electron chi connectivity index (χ1n) is 4.70. The van der Waals surface area contributed by atoms with Gasteiger partial charge in [0.2, 0.25) is 0 Å². The van der Waals surface area contributed by atoms with Gasteiger partial charge in [-0.1, -0.05) is 0 Å². The van der Waals surface area contributed by atoms with Crippen LogP contribution in [0, 0.1) is 0 Å². The van der Waals surface area contributed by atoms with E-state index in [0.717, 1.165) is 21.3 Å². The largest absolute Gasteiger partial charge is 0.253 e. The third-order valence-corrected chi connectivity index (χ3v) is 3.69. The molecule has 0 aromatic carbocycles. The van der Waals surface area contributed by atoms with Crippen molar-refractivity contribution in [2.24, 2.45) is 0 Å². The summed E-state index contributed by atoms with van der Waals surface area (Å²) in [6.45, 7) is 0. The summed E-state index contributed by atoms with van der Waals surface area (Å²) < 4.78 is 0. The van der Waals surface area contributed by atoms with Crippen LogP contribution in [0.15, 0.2) is 41.5 Å². The average Bonchev–Trinajstić information content (AvgIpc) is 3.03. The summed E-state index contributed by atoms with van der Waals surface area (Å²) in [4.78, 5) is 13.0. The highest BCUT2D eigenvalue weighted by atomic mass is 32.1. The Labute approximate surface area is 100 Å². The van der Waals surface area contributed by atoms with Crippen LogP contribution < -0.4 is 0 Å². The van der Waals surface area contributed by atoms with E-state index < -0.39 is 0 Å². The Morgan fingerprint density at radius 1 is 0.812 bits per heavy atom. The predicted molar refractivity (Wildman–Crippen MR) is 66.5 cm³/mol. The van der Waals surface area contributed by atoms with Crippen LogP contribution in [-0.2, 0) is 0 Å². The van der Waals surface area contributed by atoms with Gasteiger partial charge in [0.1, 0.15) is 15.7 Å². The van der Waals surface area contributed by atoms with Crippen LogP contribution in [0.2, 0.25) is 0 Å². The lowest BCUT2D eigenvalue weighted by molar-refractivity contribution is 1.28. The molecule has 0 radical (unpaired) electrons. The molecule has 16 heavy (non-hydrogen) atoms. The zero-order valence-corrected chi connectivity index (χ0v) is 9.83. The van der Waals surface area contributed by atoms with Gasteiger partial charge in [-0.25, -0.2) is 9.97 Å². The molecule has 0 aliphatic carbocycles. The normalized spacial score (nSPS) is 10.5. The number of rotatable bonds is 2. The zero-order valence-electron chi connectivity index (χ0n) is 8.20. The first-order chi connectivity index (χ1) is 7.95. The second-order valence-electron chi connectivity index (χ2n) is 3.07. The molecule has 0 atom stereocenters. The molecule has 3 aromatic heterocycles. The third-order valence-electron chi connectivity index (χ3n) is 2.11. The summed E-state index contributed by atoms with van der Waals surface area (Å²) in [7, 11) is 0. The van der Waals surface area contributed by atoms with Gasteiger partial charge in [0.05, 0.1) is 0 Å². The zero-order chi connectivity index (χ0) is 10.8. The first kappa shape index (κ1) is 9.62. The average molecular weight is 245 g/mol. The fraction of sp³-hybridized carbons (Fsp3) is 0. The van der Waals surface area contributed by atoms with Crippen LogP contribution in [-0.4, -0.2) is 15.0 Å². The quantitative estimate of drug-likeness (QED) is 0.695. The number of pyridine rings is 1. The molecule has 0 fully saturated rings. The molecule has 0 saturated heterocycles. The van der Waals surface area contributed by atoms with Crippen LogP contribution in [0.5, 0.6) is 0 Å². The standard InChI is InChI=1S/C11H7N3S2/c1-2-8(10-13-4-6-15-10)9(12-3-1)11-14-5-7-16-11/h1-7H. The van der Waals surface area contributed by atoms with E-state index in [1.807, 2.05) is 22.9 Å². The van der Waals surface area contributed by atoms with E-state index in [1.165, 1.54) is 0 Å². The highest BCUT2D eigenvalue weighted by Crippen LogP contribution is 2.31. The SMILES string of the molecule is c1cnc(-c2nccs2)c(-c2nccs2)c1. The van der Waals surface area contributed by atoms with Crippen molar-refractivity contribution in [1.82, 2.24) is 15.0 Å². The molecule has 0 amide bonds. The van der Waals surface area contributed by atoms with E-state index in [9.17, 15) is 0 Å². The number of aromatic nitrogens is 3. The Hall–Kier alpha value is -1.59. The van der Waals surface area contributed by atoms with Crippen molar-refractivity contribution in [3.05, 3.63) is 41.5 Å². The van der Waals surface area contributed by atoms with Gasteiger partial charge in [-0.05, 0) is 12.1 Å². The molecule has 5 heteroatoms. The molecule has 3 nitrogen and oxygen atoms in total. The van der Waals surface area contributed by atoms with Gasteiger partial charge in [0, 0.05) is 34.9 Å². The third kappa shape index (κ3) is 1.64. The second-order valence-corrected chi connectivity index (χ2v) is 4.86. The summed E-state index contributed by atoms with van der Waals surface area (Å²) in [5.74, 6) is 0. The number of hydrogen-bond donors (Lipinski definition) is 0. The van der Waals surface area contributed by atoms with Crippen LogP contribution in [0.4, 0.5) is 0 Å².